The summed E-state index contributed by atoms with van der Waals surface area (Å²) in [4.78, 5) is 2.91. The first-order valence-electron chi connectivity index (χ1n) is 42.4. The van der Waals surface area contributed by atoms with Gasteiger partial charge in [0.2, 0.25) is 0 Å². The molecule has 534 valence electrons. The fourth-order valence-corrected chi connectivity index (χ4v) is 45.4. The molecule has 0 aromatic carbocycles. The highest BCUT2D eigenvalue weighted by Crippen LogP contribution is 2.76. The third-order valence-electron chi connectivity index (χ3n) is 28.7. The molecule has 16 fully saturated rings. The second kappa shape index (κ2) is 33.7. The summed E-state index contributed by atoms with van der Waals surface area (Å²) in [6.45, 7) is 37.1. The number of nitrogens with zero attached hydrogens (tertiary/aromatic N) is 1. The van der Waals surface area contributed by atoms with Crippen molar-refractivity contribution in [1.82, 2.24) is 4.90 Å². The van der Waals surface area contributed by atoms with E-state index in [-0.39, 0.29) is 21.0 Å². The summed E-state index contributed by atoms with van der Waals surface area (Å²) in [5, 5.41) is 1.82. The fourth-order valence-electron chi connectivity index (χ4n) is 26.1. The van der Waals surface area contributed by atoms with Crippen LogP contribution in [0.4, 0.5) is 0 Å². The number of hydrogen-bond acceptors (Lipinski definition) is 2. The summed E-state index contributed by atoms with van der Waals surface area (Å²) in [6.07, 6.45) is 71.5. The van der Waals surface area contributed by atoms with Crippen molar-refractivity contribution in [3.63, 3.8) is 0 Å². The van der Waals surface area contributed by atoms with E-state index in [0.29, 0.717) is 40.2 Å². The van der Waals surface area contributed by atoms with E-state index in [1.54, 1.807) is 116 Å². The molecule has 0 amide bonds. The van der Waals surface area contributed by atoms with Crippen LogP contribution in [0.25, 0.3) is 0 Å². The minimum Gasteiger partial charge on any atom is -0.322 e. The smallest absolute Gasteiger partial charge is 0.0985 e. The molecule has 16 saturated carbocycles. The Morgan fingerprint density at radius 1 is 0.272 bits per heavy atom. The molecule has 92 heavy (non-hydrogen) atoms. The van der Waals surface area contributed by atoms with Crippen LogP contribution in [0.2, 0.25) is 0 Å². The Morgan fingerprint density at radius 3 is 0.707 bits per heavy atom. The van der Waals surface area contributed by atoms with Crippen molar-refractivity contribution in [3.05, 3.63) is 0 Å². The summed E-state index contributed by atoms with van der Waals surface area (Å²) >= 11 is 0. The summed E-state index contributed by atoms with van der Waals surface area (Å²) in [7, 11) is -1.30. The predicted molar refractivity (Wildman–Crippen MR) is 416 cm³/mol. The fraction of sp³-hybridized carbons (Fsp3) is 1.00. The normalized spacial score (nSPS) is 34.1. The first-order chi connectivity index (χ1) is 43.7. The van der Waals surface area contributed by atoms with E-state index in [9.17, 15) is 4.57 Å². The van der Waals surface area contributed by atoms with Gasteiger partial charge >= 0.3 is 0 Å². The molecule has 0 aliphatic heterocycles. The Balaban J connectivity index is 0.000000128. The average Bonchev–Trinajstić information content (AvgIpc) is 0.852. The molecule has 0 saturated heterocycles. The van der Waals surface area contributed by atoms with E-state index < -0.39 is 7.14 Å². The number of hydrogen-bond donors (Lipinski definition) is 0. The van der Waals surface area contributed by atoms with Crippen molar-refractivity contribution < 1.29 is 4.57 Å². The van der Waals surface area contributed by atoms with Crippen LogP contribution in [0.5, 0.6) is 0 Å². The van der Waals surface area contributed by atoms with E-state index in [1.807, 2.05) is 0 Å². The lowest BCUT2D eigenvalue weighted by atomic mass is 9.55. The molecule has 0 aromatic rings. The molecular weight excluding hydrogens is 1190 g/mol. The van der Waals surface area contributed by atoms with Gasteiger partial charge in [0.1, 0.15) is 0 Å². The van der Waals surface area contributed by atoms with Crippen molar-refractivity contribution in [2.45, 2.75) is 496 Å². The van der Waals surface area contributed by atoms with Crippen LogP contribution in [-0.4, -0.2) is 88.4 Å². The van der Waals surface area contributed by atoms with Crippen LogP contribution >= 0.6 is 30.9 Å². The van der Waals surface area contributed by atoms with Gasteiger partial charge in [0.15, 0.2) is 0 Å². The quantitative estimate of drug-likeness (QED) is 0.203. The zero-order valence-electron chi connectivity index (χ0n) is 64.5. The van der Waals surface area contributed by atoms with Crippen LogP contribution in [0.15, 0.2) is 0 Å². The standard InChI is InChI=1S/C24H39P.C16H31N.C16H31OP.C16H31P.C14H27P/c1-24(2,3)25(22-18-6-14-4-15(8-18)9-19(22)7-14)23-20-10-16-5-17(12-20)13-21(23)11-16;1-16(2,3)17(14-10-6-4-7-11-14)15-12-8-5-9-13-15;1-16(2,3)18(17,14-10-6-4-7-11-14)15-12-8-5-9-13-15;1-16(2,3)17(14-10-6-4-7-11-14)15-12-8-5-9-13-15;1-14(2,3)15(12-8-4-5-9-12)13-10-6-7-11-13/h14-23H,4-13H2,1-3H3;14-15H,4-13H2,1-3H3;14-15H,4-13H2,1-3H3;14-15H,4-13H2,1-3H3;12-13H,4-11H2,1-3H3. The second-order valence-electron chi connectivity index (χ2n) is 40.7. The highest BCUT2D eigenvalue weighted by atomic mass is 31.2. The zero-order valence-corrected chi connectivity index (χ0v) is 68.1. The van der Waals surface area contributed by atoms with Crippen LogP contribution in [-0.2, 0) is 4.57 Å². The molecule has 16 rings (SSSR count). The lowest BCUT2D eigenvalue weighted by Gasteiger charge is -2.64. The largest absolute Gasteiger partial charge is 0.322 e. The Hall–Kier alpha value is 1.48. The molecule has 16 aliphatic carbocycles. The minimum absolute atomic E-state index is 0.0248. The monoisotopic (exact) mass is 1350 g/mol. The highest BCUT2D eigenvalue weighted by molar-refractivity contribution is 7.67. The summed E-state index contributed by atoms with van der Waals surface area (Å²) in [6, 6.07) is 1.76. The Bertz CT molecular complexity index is 1950. The second-order valence-corrected chi connectivity index (χ2v) is 55.5. The first-order valence-corrected chi connectivity index (χ1v) is 48.7. The topological polar surface area (TPSA) is 20.3 Å². The van der Waals surface area contributed by atoms with E-state index in [2.05, 4.69) is 109 Å². The lowest BCUT2D eigenvalue weighted by Crippen LogP contribution is -2.54. The van der Waals surface area contributed by atoms with E-state index >= 15 is 0 Å². The van der Waals surface area contributed by atoms with Crippen molar-refractivity contribution >= 4 is 30.9 Å². The lowest BCUT2D eigenvalue weighted by molar-refractivity contribution is 0.00192. The summed E-state index contributed by atoms with van der Waals surface area (Å²) in [5.41, 5.74) is 8.29. The van der Waals surface area contributed by atoms with Gasteiger partial charge in [0.05, 0.1) is 7.14 Å². The van der Waals surface area contributed by atoms with Gasteiger partial charge in [-0.05, 0) is 284 Å². The van der Waals surface area contributed by atoms with Crippen LogP contribution in [0, 0.1) is 47.3 Å². The van der Waals surface area contributed by atoms with Gasteiger partial charge in [-0.25, -0.2) is 0 Å². The third kappa shape index (κ3) is 19.4. The maximum absolute atomic E-state index is 13.9. The van der Waals surface area contributed by atoms with Crippen LogP contribution < -0.4 is 0 Å². The molecule has 8 bridgehead atoms. The molecule has 0 heterocycles. The van der Waals surface area contributed by atoms with Gasteiger partial charge in [-0.15, -0.1) is 0 Å². The average molecular weight is 1350 g/mol. The molecule has 16 aliphatic rings. The van der Waals surface area contributed by atoms with Crippen LogP contribution in [0.1, 0.15) is 412 Å². The molecule has 0 radical (unpaired) electrons. The predicted octanol–water partition coefficient (Wildman–Crippen LogP) is 28.6. The molecule has 2 nitrogen and oxygen atoms in total. The first kappa shape index (κ1) is 76.1. The number of rotatable bonds is 10. The Labute approximate surface area is 579 Å². The minimum atomic E-state index is -2.05. The third-order valence-corrected chi connectivity index (χ3v) is 46.8. The maximum Gasteiger partial charge on any atom is 0.0985 e. The van der Waals surface area contributed by atoms with Crippen molar-refractivity contribution in [2.24, 2.45) is 47.3 Å². The summed E-state index contributed by atoms with van der Waals surface area (Å²) in [5.74, 6) is 9.20. The van der Waals surface area contributed by atoms with Gasteiger partial charge in [-0.3, -0.25) is 4.90 Å². The van der Waals surface area contributed by atoms with Gasteiger partial charge in [-0.2, -0.15) is 0 Å². The SMILES string of the molecule is CC(C)(C)N(C1CCCCC1)C1CCCCC1.CC(C)(C)P(=O)(C1CCCCC1)C1CCCCC1.CC(C)(C)P(C1C2CC3CC(C2)CC1C3)C1C2CC3CC(C2)CC1C3.CC(C)(C)P(C1CCCC1)C1CCCC1.CC(C)(C)P(C1CCCCC1)C1CCCCC1. The van der Waals surface area contributed by atoms with Gasteiger partial charge in [0.25, 0.3) is 0 Å². The molecule has 6 heteroatoms. The van der Waals surface area contributed by atoms with E-state index in [0.717, 1.165) is 82.1 Å². The van der Waals surface area contributed by atoms with E-state index in [1.165, 1.54) is 204 Å². The van der Waals surface area contributed by atoms with Gasteiger partial charge in [-0.1, -0.05) is 248 Å². The Morgan fingerprint density at radius 2 is 0.489 bits per heavy atom. The molecule has 0 aromatic heterocycles. The van der Waals surface area contributed by atoms with Crippen molar-refractivity contribution in [2.75, 3.05) is 0 Å². The van der Waals surface area contributed by atoms with Crippen molar-refractivity contribution in [1.29, 1.82) is 0 Å². The maximum atomic E-state index is 13.9. The zero-order chi connectivity index (χ0) is 65.6. The molecule has 0 unspecified atom stereocenters. The summed E-state index contributed by atoms with van der Waals surface area (Å²) < 4.78 is 13.9. The van der Waals surface area contributed by atoms with Gasteiger partial charge in [0, 0.05) is 34.1 Å². The highest BCUT2D eigenvalue weighted by Gasteiger charge is 2.59. The molecule has 0 N–H and O–H groups in total. The van der Waals surface area contributed by atoms with Crippen LogP contribution in [0.3, 0.4) is 0 Å². The molecule has 0 atom stereocenters. The molecular formula is C86H159NOP4. The Kier molecular flexibility index (Phi) is 27.9. The van der Waals surface area contributed by atoms with Crippen molar-refractivity contribution in [3.8, 4) is 0 Å². The van der Waals surface area contributed by atoms with Gasteiger partial charge < -0.3 is 4.57 Å². The van der Waals surface area contributed by atoms with E-state index in [4.69, 9.17) is 0 Å². The molecule has 0 spiro atoms.